The standard InChI is InChI=1S/C18H22ClNO3/c19-15-6-4-12(5-7-15)11-20(16-8-9-16)17(21)13-2-1-3-14(10-13)18(22)23/h4-7,13-14,16H,1-3,8-11H2,(H,22,23). The maximum absolute atomic E-state index is 12.9. The predicted octanol–water partition coefficient (Wildman–Crippen LogP) is 3.72. The monoisotopic (exact) mass is 335 g/mol. The van der Waals surface area contributed by atoms with E-state index in [4.69, 9.17) is 11.6 Å². The molecule has 1 N–H and O–H groups in total. The second-order valence-electron chi connectivity index (χ2n) is 6.72. The fourth-order valence-electron chi connectivity index (χ4n) is 3.43. The third-order valence-electron chi connectivity index (χ3n) is 4.91. The van der Waals surface area contributed by atoms with Crippen LogP contribution in [0.5, 0.6) is 0 Å². The number of hydrogen-bond donors (Lipinski definition) is 1. The maximum atomic E-state index is 12.9. The summed E-state index contributed by atoms with van der Waals surface area (Å²) < 4.78 is 0. The van der Waals surface area contributed by atoms with E-state index in [0.717, 1.165) is 31.2 Å². The molecule has 4 nitrogen and oxygen atoms in total. The van der Waals surface area contributed by atoms with Crippen molar-refractivity contribution in [2.45, 2.75) is 51.1 Å². The number of carboxylic acids is 1. The Labute approximate surface area is 141 Å². The van der Waals surface area contributed by atoms with Crippen LogP contribution in [0.2, 0.25) is 5.02 Å². The number of benzene rings is 1. The molecule has 124 valence electrons. The Morgan fingerprint density at radius 2 is 1.74 bits per heavy atom. The molecule has 0 radical (unpaired) electrons. The van der Waals surface area contributed by atoms with Gasteiger partial charge in [-0.2, -0.15) is 0 Å². The summed E-state index contributed by atoms with van der Waals surface area (Å²) in [6.07, 6.45) is 4.92. The first kappa shape index (κ1) is 16.3. The average Bonchev–Trinajstić information content (AvgIpc) is 3.38. The number of rotatable bonds is 5. The first-order chi connectivity index (χ1) is 11.0. The lowest BCUT2D eigenvalue weighted by molar-refractivity contribution is -0.145. The lowest BCUT2D eigenvalue weighted by Gasteiger charge is -2.31. The lowest BCUT2D eigenvalue weighted by Crippen LogP contribution is -2.40. The van der Waals surface area contributed by atoms with Gasteiger partial charge in [-0.25, -0.2) is 0 Å². The van der Waals surface area contributed by atoms with Crippen LogP contribution >= 0.6 is 11.6 Å². The Hall–Kier alpha value is -1.55. The van der Waals surface area contributed by atoms with E-state index in [1.54, 1.807) is 0 Å². The van der Waals surface area contributed by atoms with Crippen LogP contribution in [-0.2, 0) is 16.1 Å². The van der Waals surface area contributed by atoms with Crippen molar-refractivity contribution in [3.05, 3.63) is 34.9 Å². The Bertz CT molecular complexity index is 582. The normalized spacial score (nSPS) is 24.2. The van der Waals surface area contributed by atoms with Crippen LogP contribution in [0.25, 0.3) is 0 Å². The fraction of sp³-hybridized carbons (Fsp3) is 0.556. The van der Waals surface area contributed by atoms with Gasteiger partial charge in [-0.05, 0) is 49.8 Å². The van der Waals surface area contributed by atoms with Crippen molar-refractivity contribution in [3.63, 3.8) is 0 Å². The van der Waals surface area contributed by atoms with Crippen molar-refractivity contribution in [2.24, 2.45) is 11.8 Å². The summed E-state index contributed by atoms with van der Waals surface area (Å²) in [5.74, 6) is -1.14. The highest BCUT2D eigenvalue weighted by Gasteiger charge is 2.38. The van der Waals surface area contributed by atoms with Crippen LogP contribution in [0.3, 0.4) is 0 Å². The Kier molecular flexibility index (Phi) is 4.90. The molecule has 23 heavy (non-hydrogen) atoms. The second-order valence-corrected chi connectivity index (χ2v) is 7.16. The van der Waals surface area contributed by atoms with Crippen molar-refractivity contribution in [3.8, 4) is 0 Å². The predicted molar refractivity (Wildman–Crippen MR) is 88.1 cm³/mol. The molecule has 0 heterocycles. The fourth-order valence-corrected chi connectivity index (χ4v) is 3.56. The minimum Gasteiger partial charge on any atom is -0.481 e. The topological polar surface area (TPSA) is 57.6 Å². The molecule has 2 aliphatic rings. The summed E-state index contributed by atoms with van der Waals surface area (Å²) in [5, 5.41) is 9.91. The molecule has 2 unspecified atom stereocenters. The summed E-state index contributed by atoms with van der Waals surface area (Å²) >= 11 is 5.92. The Morgan fingerprint density at radius 3 is 2.35 bits per heavy atom. The summed E-state index contributed by atoms with van der Waals surface area (Å²) in [5.41, 5.74) is 1.07. The van der Waals surface area contributed by atoms with Gasteiger partial charge in [0, 0.05) is 23.5 Å². The number of carboxylic acid groups (broad SMARTS) is 1. The largest absolute Gasteiger partial charge is 0.481 e. The van der Waals surface area contributed by atoms with E-state index in [1.165, 1.54) is 0 Å². The smallest absolute Gasteiger partial charge is 0.306 e. The SMILES string of the molecule is O=C(O)C1CCCC(C(=O)N(Cc2ccc(Cl)cc2)C2CC2)C1. The van der Waals surface area contributed by atoms with Crippen LogP contribution < -0.4 is 0 Å². The van der Waals surface area contributed by atoms with E-state index in [2.05, 4.69) is 0 Å². The second kappa shape index (κ2) is 6.91. The van der Waals surface area contributed by atoms with Crippen molar-refractivity contribution >= 4 is 23.5 Å². The summed E-state index contributed by atoms with van der Waals surface area (Å²) in [6.45, 7) is 0.592. The minimum absolute atomic E-state index is 0.133. The number of carbonyl (C=O) groups excluding carboxylic acids is 1. The molecule has 1 aromatic carbocycles. The number of carbonyl (C=O) groups is 2. The summed E-state index contributed by atoms with van der Waals surface area (Å²) in [4.78, 5) is 26.1. The zero-order chi connectivity index (χ0) is 16.4. The van der Waals surface area contributed by atoms with E-state index in [1.807, 2.05) is 29.2 Å². The van der Waals surface area contributed by atoms with Gasteiger partial charge in [0.05, 0.1) is 5.92 Å². The van der Waals surface area contributed by atoms with E-state index >= 15 is 0 Å². The van der Waals surface area contributed by atoms with Crippen molar-refractivity contribution in [1.82, 2.24) is 4.90 Å². The molecule has 0 bridgehead atoms. The van der Waals surface area contributed by atoms with Crippen LogP contribution in [0.15, 0.2) is 24.3 Å². The van der Waals surface area contributed by atoms with Gasteiger partial charge in [0.2, 0.25) is 5.91 Å². The van der Waals surface area contributed by atoms with Crippen molar-refractivity contribution in [2.75, 3.05) is 0 Å². The molecular formula is C18H22ClNO3. The van der Waals surface area contributed by atoms with Crippen LogP contribution in [0.1, 0.15) is 44.1 Å². The molecule has 1 amide bonds. The van der Waals surface area contributed by atoms with Gasteiger partial charge in [-0.15, -0.1) is 0 Å². The molecule has 0 spiro atoms. The van der Waals surface area contributed by atoms with Gasteiger partial charge in [0.25, 0.3) is 0 Å². The molecule has 1 aromatic rings. The van der Waals surface area contributed by atoms with Gasteiger partial charge in [0.15, 0.2) is 0 Å². The van der Waals surface area contributed by atoms with Crippen molar-refractivity contribution in [1.29, 1.82) is 0 Å². The van der Waals surface area contributed by atoms with Crippen LogP contribution in [0, 0.1) is 11.8 Å². The Balaban J connectivity index is 1.69. The molecule has 2 saturated carbocycles. The maximum Gasteiger partial charge on any atom is 0.306 e. The minimum atomic E-state index is -0.766. The number of hydrogen-bond acceptors (Lipinski definition) is 2. The van der Waals surface area contributed by atoms with Gasteiger partial charge in [-0.3, -0.25) is 9.59 Å². The molecule has 2 fully saturated rings. The third-order valence-corrected chi connectivity index (χ3v) is 5.16. The molecular weight excluding hydrogens is 314 g/mol. The number of aliphatic carboxylic acids is 1. The van der Waals surface area contributed by atoms with E-state index in [9.17, 15) is 14.7 Å². The third kappa shape index (κ3) is 4.05. The molecule has 0 aliphatic heterocycles. The first-order valence-corrected chi connectivity index (χ1v) is 8.70. The van der Waals surface area contributed by atoms with E-state index in [0.29, 0.717) is 30.5 Å². The first-order valence-electron chi connectivity index (χ1n) is 8.32. The zero-order valence-corrected chi connectivity index (χ0v) is 13.8. The van der Waals surface area contributed by atoms with Gasteiger partial charge >= 0.3 is 5.97 Å². The van der Waals surface area contributed by atoms with E-state index in [-0.39, 0.29) is 17.7 Å². The summed E-state index contributed by atoms with van der Waals surface area (Å²) in [7, 11) is 0. The zero-order valence-electron chi connectivity index (χ0n) is 13.1. The molecule has 5 heteroatoms. The lowest BCUT2D eigenvalue weighted by atomic mass is 9.80. The molecule has 0 aromatic heterocycles. The molecule has 2 aliphatic carbocycles. The highest BCUT2D eigenvalue weighted by atomic mass is 35.5. The number of halogens is 1. The quantitative estimate of drug-likeness (QED) is 0.892. The van der Waals surface area contributed by atoms with Crippen LogP contribution in [0.4, 0.5) is 0 Å². The molecule has 3 rings (SSSR count). The molecule has 2 atom stereocenters. The average molecular weight is 336 g/mol. The highest BCUT2D eigenvalue weighted by molar-refractivity contribution is 6.30. The van der Waals surface area contributed by atoms with E-state index < -0.39 is 5.97 Å². The van der Waals surface area contributed by atoms with Gasteiger partial charge in [-0.1, -0.05) is 30.2 Å². The number of amides is 1. The summed E-state index contributed by atoms with van der Waals surface area (Å²) in [6, 6.07) is 7.90. The van der Waals surface area contributed by atoms with Crippen molar-refractivity contribution < 1.29 is 14.7 Å². The highest BCUT2D eigenvalue weighted by Crippen LogP contribution is 2.35. The Morgan fingerprint density at radius 1 is 1.09 bits per heavy atom. The van der Waals surface area contributed by atoms with Gasteiger partial charge in [0.1, 0.15) is 0 Å². The molecule has 0 saturated heterocycles. The van der Waals surface area contributed by atoms with Gasteiger partial charge < -0.3 is 10.0 Å². The van der Waals surface area contributed by atoms with Crippen LogP contribution in [-0.4, -0.2) is 27.9 Å². The number of nitrogens with zero attached hydrogens (tertiary/aromatic N) is 1.